The number of carbonyl (C=O) groups is 2. The molecule has 0 radical (unpaired) electrons. The van der Waals surface area contributed by atoms with E-state index in [1.165, 1.54) is 24.3 Å². The molecule has 6 heteroatoms. The monoisotopic (exact) mass is 385 g/mol. The van der Waals surface area contributed by atoms with E-state index in [1.54, 1.807) is 14.2 Å². The van der Waals surface area contributed by atoms with Crippen LogP contribution in [0.2, 0.25) is 0 Å². The van der Waals surface area contributed by atoms with Gasteiger partial charge in [0, 0.05) is 12.0 Å². The summed E-state index contributed by atoms with van der Waals surface area (Å²) in [5.74, 6) is 0.984. The number of nitrogens with one attached hydrogen (secondary N) is 1. The van der Waals surface area contributed by atoms with E-state index in [0.717, 1.165) is 18.4 Å². The number of Topliss-reactive ketones (excluding diaryl/α,β-unsaturated/α-hetero) is 1. The molecule has 1 atom stereocenters. The first-order chi connectivity index (χ1) is 13.5. The number of amides is 1. The van der Waals surface area contributed by atoms with E-state index in [-0.39, 0.29) is 24.2 Å². The molecule has 1 aliphatic rings. The van der Waals surface area contributed by atoms with Gasteiger partial charge in [0.2, 0.25) is 5.91 Å². The standard InChI is InChI=1S/C22H24FNO4/c1-27-20-10-7-16(11-21(20)28-2)18(14-3-4-14)12-22(26)24-13-19(25)15-5-8-17(23)9-6-15/h5-11,14,18H,3-4,12-13H2,1-2H3,(H,24,26). The summed E-state index contributed by atoms with van der Waals surface area (Å²) in [4.78, 5) is 24.6. The Morgan fingerprint density at radius 2 is 1.75 bits per heavy atom. The van der Waals surface area contributed by atoms with Crippen LogP contribution in [0, 0.1) is 11.7 Å². The Kier molecular flexibility index (Phi) is 6.29. The maximum Gasteiger partial charge on any atom is 0.220 e. The number of hydrogen-bond acceptors (Lipinski definition) is 4. The molecule has 1 amide bonds. The predicted molar refractivity (Wildman–Crippen MR) is 103 cm³/mol. The van der Waals surface area contributed by atoms with Gasteiger partial charge in [-0.2, -0.15) is 0 Å². The largest absolute Gasteiger partial charge is 0.493 e. The van der Waals surface area contributed by atoms with Crippen LogP contribution in [0.25, 0.3) is 0 Å². The van der Waals surface area contributed by atoms with Crippen molar-refractivity contribution in [2.75, 3.05) is 20.8 Å². The number of methoxy groups -OCH3 is 2. The van der Waals surface area contributed by atoms with Crippen molar-refractivity contribution < 1.29 is 23.5 Å². The number of rotatable bonds is 9. The van der Waals surface area contributed by atoms with E-state index in [9.17, 15) is 14.0 Å². The summed E-state index contributed by atoms with van der Waals surface area (Å²) in [6.45, 7) is -0.103. The number of hydrogen-bond donors (Lipinski definition) is 1. The third kappa shape index (κ3) is 4.88. The van der Waals surface area contributed by atoms with Crippen LogP contribution >= 0.6 is 0 Å². The van der Waals surface area contributed by atoms with Crippen molar-refractivity contribution in [1.82, 2.24) is 5.32 Å². The lowest BCUT2D eigenvalue weighted by atomic mass is 9.90. The predicted octanol–water partition coefficient (Wildman–Crippen LogP) is 3.73. The summed E-state index contributed by atoms with van der Waals surface area (Å²) in [6.07, 6.45) is 2.47. The van der Waals surface area contributed by atoms with Crippen molar-refractivity contribution in [3.63, 3.8) is 0 Å². The van der Waals surface area contributed by atoms with E-state index in [2.05, 4.69) is 5.32 Å². The van der Waals surface area contributed by atoms with E-state index in [0.29, 0.717) is 29.4 Å². The molecule has 1 fully saturated rings. The first kappa shape index (κ1) is 19.9. The third-order valence-corrected chi connectivity index (χ3v) is 5.04. The molecule has 0 saturated heterocycles. The highest BCUT2D eigenvalue weighted by atomic mass is 19.1. The SMILES string of the molecule is COc1ccc(C(CC(=O)NCC(=O)c2ccc(F)cc2)C2CC2)cc1OC. The van der Waals surface area contributed by atoms with Gasteiger partial charge in [-0.15, -0.1) is 0 Å². The summed E-state index contributed by atoms with van der Waals surface area (Å²) < 4.78 is 23.6. The molecule has 2 aromatic rings. The highest BCUT2D eigenvalue weighted by molar-refractivity contribution is 5.99. The van der Waals surface area contributed by atoms with Gasteiger partial charge in [-0.1, -0.05) is 6.07 Å². The van der Waals surface area contributed by atoms with E-state index < -0.39 is 5.82 Å². The molecule has 1 N–H and O–H groups in total. The Morgan fingerprint density at radius 1 is 1.07 bits per heavy atom. The lowest BCUT2D eigenvalue weighted by Gasteiger charge is -2.18. The average Bonchev–Trinajstić information content (AvgIpc) is 3.55. The molecule has 0 heterocycles. The maximum atomic E-state index is 13.0. The molecule has 1 unspecified atom stereocenters. The lowest BCUT2D eigenvalue weighted by Crippen LogP contribution is -2.30. The molecule has 28 heavy (non-hydrogen) atoms. The van der Waals surface area contributed by atoms with E-state index >= 15 is 0 Å². The summed E-state index contributed by atoms with van der Waals surface area (Å²) in [7, 11) is 3.17. The number of ether oxygens (including phenoxy) is 2. The van der Waals surface area contributed by atoms with Gasteiger partial charge in [-0.05, 0) is 66.6 Å². The zero-order chi connectivity index (χ0) is 20.1. The molecule has 2 aromatic carbocycles. The van der Waals surface area contributed by atoms with Crippen LogP contribution in [-0.2, 0) is 4.79 Å². The van der Waals surface area contributed by atoms with Crippen molar-refractivity contribution in [2.45, 2.75) is 25.2 Å². The zero-order valence-corrected chi connectivity index (χ0v) is 16.0. The molecule has 0 aromatic heterocycles. The fraction of sp³-hybridized carbons (Fsp3) is 0.364. The second-order valence-corrected chi connectivity index (χ2v) is 6.97. The second kappa shape index (κ2) is 8.87. The maximum absolute atomic E-state index is 13.0. The summed E-state index contributed by atoms with van der Waals surface area (Å²) >= 11 is 0. The van der Waals surface area contributed by atoms with Gasteiger partial charge >= 0.3 is 0 Å². The molecule has 5 nitrogen and oxygen atoms in total. The molecular weight excluding hydrogens is 361 g/mol. The number of halogens is 1. The van der Waals surface area contributed by atoms with Crippen molar-refractivity contribution in [3.05, 3.63) is 59.4 Å². The van der Waals surface area contributed by atoms with Crippen LogP contribution in [-0.4, -0.2) is 32.5 Å². The molecule has 0 aliphatic heterocycles. The first-order valence-electron chi connectivity index (χ1n) is 9.29. The fourth-order valence-electron chi connectivity index (χ4n) is 3.33. The average molecular weight is 385 g/mol. The van der Waals surface area contributed by atoms with Gasteiger partial charge in [0.05, 0.1) is 20.8 Å². The Bertz CT molecular complexity index is 846. The Labute approximate surface area is 163 Å². The highest BCUT2D eigenvalue weighted by Crippen LogP contribution is 2.46. The van der Waals surface area contributed by atoms with Crippen molar-refractivity contribution in [1.29, 1.82) is 0 Å². The summed E-state index contributed by atoms with van der Waals surface area (Å²) in [5.41, 5.74) is 1.40. The lowest BCUT2D eigenvalue weighted by molar-refractivity contribution is -0.121. The Balaban J connectivity index is 1.62. The topological polar surface area (TPSA) is 64.6 Å². The van der Waals surface area contributed by atoms with Crippen molar-refractivity contribution in [3.8, 4) is 11.5 Å². The summed E-state index contributed by atoms with van der Waals surface area (Å²) in [5, 5.41) is 2.69. The second-order valence-electron chi connectivity index (χ2n) is 6.97. The van der Waals surface area contributed by atoms with Gasteiger partial charge in [-0.25, -0.2) is 4.39 Å². The summed E-state index contributed by atoms with van der Waals surface area (Å²) in [6, 6.07) is 11.0. The van der Waals surface area contributed by atoms with Crippen LogP contribution in [0.5, 0.6) is 11.5 Å². The first-order valence-corrected chi connectivity index (χ1v) is 9.29. The Morgan fingerprint density at radius 3 is 2.36 bits per heavy atom. The molecule has 0 spiro atoms. The third-order valence-electron chi connectivity index (χ3n) is 5.04. The van der Waals surface area contributed by atoms with Crippen LogP contribution in [0.15, 0.2) is 42.5 Å². The quantitative estimate of drug-likeness (QED) is 0.668. The number of carbonyl (C=O) groups excluding carboxylic acids is 2. The minimum absolute atomic E-state index is 0.0701. The number of ketones is 1. The van der Waals surface area contributed by atoms with Crippen molar-refractivity contribution >= 4 is 11.7 Å². The molecule has 1 aliphatic carbocycles. The van der Waals surface area contributed by atoms with Gasteiger partial charge in [0.25, 0.3) is 0 Å². The molecule has 0 bridgehead atoms. The minimum Gasteiger partial charge on any atom is -0.493 e. The van der Waals surface area contributed by atoms with Gasteiger partial charge in [0.15, 0.2) is 17.3 Å². The van der Waals surface area contributed by atoms with E-state index in [1.807, 2.05) is 18.2 Å². The Hall–Kier alpha value is -2.89. The fourth-order valence-corrected chi connectivity index (χ4v) is 3.33. The number of benzene rings is 2. The molecular formula is C22H24FNO4. The van der Waals surface area contributed by atoms with Gasteiger partial charge in [0.1, 0.15) is 5.82 Å². The molecule has 148 valence electrons. The van der Waals surface area contributed by atoms with Crippen molar-refractivity contribution in [2.24, 2.45) is 5.92 Å². The van der Waals surface area contributed by atoms with Gasteiger partial charge in [-0.3, -0.25) is 9.59 Å². The molecule has 3 rings (SSSR count). The van der Waals surface area contributed by atoms with Gasteiger partial charge < -0.3 is 14.8 Å². The zero-order valence-electron chi connectivity index (χ0n) is 16.0. The van der Waals surface area contributed by atoms with Crippen LogP contribution in [0.4, 0.5) is 4.39 Å². The van der Waals surface area contributed by atoms with Crippen LogP contribution in [0.3, 0.4) is 0 Å². The highest BCUT2D eigenvalue weighted by Gasteiger charge is 2.34. The van der Waals surface area contributed by atoms with E-state index in [4.69, 9.17) is 9.47 Å². The minimum atomic E-state index is -0.400. The normalized spacial score (nSPS) is 14.2. The smallest absolute Gasteiger partial charge is 0.220 e. The van der Waals surface area contributed by atoms with Crippen LogP contribution in [0.1, 0.15) is 41.1 Å². The van der Waals surface area contributed by atoms with Crippen LogP contribution < -0.4 is 14.8 Å². The molecule has 1 saturated carbocycles.